The Balaban J connectivity index is 1.14. The van der Waals surface area contributed by atoms with Crippen LogP contribution in [0.3, 0.4) is 0 Å². The molecule has 9 rings (SSSR count). The lowest BCUT2D eigenvalue weighted by Gasteiger charge is -2.35. The number of hydrogen-bond acceptors (Lipinski definition) is 1. The first-order valence-corrected chi connectivity index (χ1v) is 16.5. The zero-order valence-corrected chi connectivity index (χ0v) is 25.5. The number of allylic oxidation sites excluding steroid dienone is 2. The van der Waals surface area contributed by atoms with E-state index >= 15 is 0 Å². The average Bonchev–Trinajstić information content (AvgIpc) is 3.43. The van der Waals surface area contributed by atoms with Gasteiger partial charge in [0.1, 0.15) is 0 Å². The van der Waals surface area contributed by atoms with E-state index in [1.165, 1.54) is 71.4 Å². The number of hydrogen-bond donors (Lipinski definition) is 0. The lowest BCUT2D eigenvalue weighted by atomic mass is 9.68. The highest BCUT2D eigenvalue weighted by Gasteiger charge is 2.34. The van der Waals surface area contributed by atoms with Crippen LogP contribution in [0.25, 0.3) is 50.9 Å². The summed E-state index contributed by atoms with van der Waals surface area (Å²) in [5.74, 6) is 1.08. The summed E-state index contributed by atoms with van der Waals surface area (Å²) in [6.07, 6.45) is 15.3. The highest BCUT2D eigenvalue weighted by Crippen LogP contribution is 2.47. The molecule has 208 valence electrons. The molecule has 0 radical (unpaired) electrons. The van der Waals surface area contributed by atoms with Gasteiger partial charge in [-0.05, 0) is 97.0 Å². The standard InChI is InChI=1S/C42H34S/c1-26-11-22-38-36(25-26)35-10-6-9-33(41(35)43-38)28-12-17-31(18-13-28)42(2)24-23-30-15-20-34-32(27-7-4-3-5-8-27)19-14-29-16-21-37(42)40(30)39(29)34/h3-8,10-23,26,33H,9,24-25H2,1-2H3. The molecule has 1 heterocycles. The Bertz CT molecular complexity index is 2170. The first kappa shape index (κ1) is 25.3. The molecule has 0 nitrogen and oxygen atoms in total. The first-order chi connectivity index (χ1) is 21.1. The van der Waals surface area contributed by atoms with Crippen molar-refractivity contribution >= 4 is 51.1 Å². The van der Waals surface area contributed by atoms with Gasteiger partial charge in [0.15, 0.2) is 0 Å². The molecule has 0 aliphatic heterocycles. The predicted molar refractivity (Wildman–Crippen MR) is 186 cm³/mol. The topological polar surface area (TPSA) is 0 Å². The van der Waals surface area contributed by atoms with E-state index in [0.717, 1.165) is 12.8 Å². The third kappa shape index (κ3) is 3.74. The summed E-state index contributed by atoms with van der Waals surface area (Å²) in [4.78, 5) is 3.03. The second kappa shape index (κ2) is 9.40. The van der Waals surface area contributed by atoms with Crippen LogP contribution in [0.2, 0.25) is 0 Å². The van der Waals surface area contributed by atoms with Crippen molar-refractivity contribution in [3.8, 4) is 11.1 Å². The van der Waals surface area contributed by atoms with Crippen molar-refractivity contribution in [3.05, 3.63) is 146 Å². The number of benzene rings is 5. The Labute approximate surface area is 257 Å². The van der Waals surface area contributed by atoms with Crippen LogP contribution in [0.1, 0.15) is 70.2 Å². The van der Waals surface area contributed by atoms with Gasteiger partial charge in [0.2, 0.25) is 0 Å². The van der Waals surface area contributed by atoms with Gasteiger partial charge in [-0.1, -0.05) is 129 Å². The number of thiophene rings is 1. The summed E-state index contributed by atoms with van der Waals surface area (Å²) in [6, 6.07) is 34.6. The van der Waals surface area contributed by atoms with Crippen LogP contribution >= 0.6 is 11.3 Å². The van der Waals surface area contributed by atoms with Crippen molar-refractivity contribution in [1.82, 2.24) is 0 Å². The summed E-state index contributed by atoms with van der Waals surface area (Å²) in [7, 11) is 0. The van der Waals surface area contributed by atoms with E-state index in [-0.39, 0.29) is 5.41 Å². The normalized spacial score (nSPS) is 22.0. The van der Waals surface area contributed by atoms with E-state index in [0.29, 0.717) is 11.8 Å². The van der Waals surface area contributed by atoms with Crippen LogP contribution in [0.4, 0.5) is 0 Å². The molecule has 0 saturated carbocycles. The van der Waals surface area contributed by atoms with Crippen molar-refractivity contribution in [2.45, 2.75) is 44.4 Å². The lowest BCUT2D eigenvalue weighted by Crippen LogP contribution is -2.29. The van der Waals surface area contributed by atoms with Crippen molar-refractivity contribution in [1.29, 1.82) is 0 Å². The fourth-order valence-corrected chi connectivity index (χ4v) is 9.49. The van der Waals surface area contributed by atoms with Gasteiger partial charge in [-0.3, -0.25) is 0 Å². The number of fused-ring (bicyclic) bond motifs is 3. The Morgan fingerprint density at radius 1 is 0.814 bits per heavy atom. The maximum Gasteiger partial charge on any atom is 0.0308 e. The van der Waals surface area contributed by atoms with E-state index in [2.05, 4.69) is 135 Å². The zero-order chi connectivity index (χ0) is 28.7. The summed E-state index contributed by atoms with van der Waals surface area (Å²) in [5, 5.41) is 6.88. The number of rotatable bonds is 3. The molecular formula is C42H34S. The molecule has 6 aromatic rings. The summed E-state index contributed by atoms with van der Waals surface area (Å²) in [6.45, 7) is 4.79. The fraction of sp³-hybridized carbons (Fsp3) is 0.190. The van der Waals surface area contributed by atoms with E-state index in [4.69, 9.17) is 0 Å². The smallest absolute Gasteiger partial charge is 0.0308 e. The van der Waals surface area contributed by atoms with Crippen LogP contribution < -0.4 is 5.22 Å². The molecule has 0 spiro atoms. The van der Waals surface area contributed by atoms with E-state index in [9.17, 15) is 0 Å². The molecule has 5 aromatic carbocycles. The molecule has 3 aliphatic carbocycles. The fourth-order valence-electron chi connectivity index (χ4n) is 8.12. The molecular weight excluding hydrogens is 537 g/mol. The van der Waals surface area contributed by atoms with Gasteiger partial charge in [0.25, 0.3) is 0 Å². The van der Waals surface area contributed by atoms with E-state index in [1.54, 1.807) is 10.4 Å². The lowest BCUT2D eigenvalue weighted by molar-refractivity contribution is 0.595. The van der Waals surface area contributed by atoms with Crippen molar-refractivity contribution in [3.63, 3.8) is 0 Å². The highest BCUT2D eigenvalue weighted by molar-refractivity contribution is 7.13. The van der Waals surface area contributed by atoms with Crippen molar-refractivity contribution in [2.75, 3.05) is 0 Å². The summed E-state index contributed by atoms with van der Waals surface area (Å²) >= 11 is 2.02. The van der Waals surface area contributed by atoms with Crippen LogP contribution in [0.5, 0.6) is 0 Å². The zero-order valence-electron chi connectivity index (χ0n) is 24.7. The molecule has 0 saturated heterocycles. The van der Waals surface area contributed by atoms with Gasteiger partial charge in [-0.2, -0.15) is 0 Å². The Morgan fingerprint density at radius 2 is 1.65 bits per heavy atom. The summed E-state index contributed by atoms with van der Waals surface area (Å²) in [5.41, 5.74) is 9.90. The third-order valence-electron chi connectivity index (χ3n) is 10.5. The van der Waals surface area contributed by atoms with Gasteiger partial charge in [-0.25, -0.2) is 0 Å². The van der Waals surface area contributed by atoms with Crippen LogP contribution in [-0.4, -0.2) is 0 Å². The second-order valence-electron chi connectivity index (χ2n) is 13.1. The average molecular weight is 571 g/mol. The minimum atomic E-state index is -0.0721. The molecule has 3 atom stereocenters. The molecule has 43 heavy (non-hydrogen) atoms. The third-order valence-corrected chi connectivity index (χ3v) is 11.8. The maximum absolute atomic E-state index is 2.48. The maximum atomic E-state index is 2.48. The highest BCUT2D eigenvalue weighted by atomic mass is 32.1. The molecule has 3 aliphatic rings. The van der Waals surface area contributed by atoms with Gasteiger partial charge in [0, 0.05) is 21.1 Å². The quantitative estimate of drug-likeness (QED) is 0.199. The molecule has 0 bridgehead atoms. The minimum absolute atomic E-state index is 0.0721. The molecule has 1 heteroatoms. The van der Waals surface area contributed by atoms with Crippen molar-refractivity contribution in [2.24, 2.45) is 5.92 Å². The Hall–Kier alpha value is -4.20. The monoisotopic (exact) mass is 570 g/mol. The molecule has 1 aromatic heterocycles. The van der Waals surface area contributed by atoms with Gasteiger partial charge < -0.3 is 0 Å². The minimum Gasteiger partial charge on any atom is -0.139 e. The van der Waals surface area contributed by atoms with Crippen LogP contribution in [0.15, 0.2) is 103 Å². The van der Waals surface area contributed by atoms with E-state index < -0.39 is 0 Å². The second-order valence-corrected chi connectivity index (χ2v) is 14.2. The van der Waals surface area contributed by atoms with Gasteiger partial charge >= 0.3 is 0 Å². The Morgan fingerprint density at radius 3 is 2.51 bits per heavy atom. The van der Waals surface area contributed by atoms with Gasteiger partial charge in [0.05, 0.1) is 0 Å². The largest absolute Gasteiger partial charge is 0.139 e. The first-order valence-electron chi connectivity index (χ1n) is 15.7. The van der Waals surface area contributed by atoms with Gasteiger partial charge in [-0.15, -0.1) is 11.3 Å². The molecule has 0 N–H and O–H groups in total. The van der Waals surface area contributed by atoms with E-state index in [1.807, 2.05) is 11.3 Å². The SMILES string of the molecule is CC1C=Cc2sc3c(c2C1)C=CCC3c1ccc(C2(C)CC=c3ccc4c(-c5ccccc5)ccc5ccc2c3c54)cc1. The predicted octanol–water partition coefficient (Wildman–Crippen LogP) is 10.7. The van der Waals surface area contributed by atoms with Crippen LogP contribution in [-0.2, 0) is 11.8 Å². The molecule has 3 unspecified atom stereocenters. The van der Waals surface area contributed by atoms with Crippen LogP contribution in [0, 0.1) is 5.92 Å². The molecule has 0 amide bonds. The Kier molecular flexibility index (Phi) is 5.53. The molecule has 0 fully saturated rings. The van der Waals surface area contributed by atoms with Crippen molar-refractivity contribution < 1.29 is 0 Å². The summed E-state index contributed by atoms with van der Waals surface area (Å²) < 4.78 is 0.